The molecule has 0 aliphatic carbocycles. The third kappa shape index (κ3) is 4.64. The SMILES string of the molecule is Cc1ccc(Cl)cc1NC(=O)NC[C@@H](O)c1ccc(F)cc1F. The second-order valence-corrected chi connectivity index (χ2v) is 5.41. The minimum Gasteiger partial charge on any atom is -0.386 e. The van der Waals surface area contributed by atoms with Crippen LogP contribution in [0.15, 0.2) is 36.4 Å². The van der Waals surface area contributed by atoms with Gasteiger partial charge in [0, 0.05) is 28.9 Å². The Hall–Kier alpha value is -2.18. The summed E-state index contributed by atoms with van der Waals surface area (Å²) in [6.45, 7) is 1.57. The molecule has 1 atom stereocenters. The topological polar surface area (TPSA) is 61.4 Å². The minimum absolute atomic E-state index is 0.0920. The number of amides is 2. The highest BCUT2D eigenvalue weighted by Crippen LogP contribution is 2.20. The van der Waals surface area contributed by atoms with E-state index in [0.717, 1.165) is 17.7 Å². The van der Waals surface area contributed by atoms with Crippen LogP contribution in [0.25, 0.3) is 0 Å². The fourth-order valence-corrected chi connectivity index (χ4v) is 2.14. The van der Waals surface area contributed by atoms with E-state index in [1.165, 1.54) is 0 Å². The molecule has 0 aromatic heterocycles. The molecule has 0 bridgehead atoms. The molecule has 0 heterocycles. The molecule has 122 valence electrons. The molecule has 0 radical (unpaired) electrons. The Morgan fingerprint density at radius 3 is 2.70 bits per heavy atom. The lowest BCUT2D eigenvalue weighted by Crippen LogP contribution is -2.32. The monoisotopic (exact) mass is 340 g/mol. The number of aryl methyl sites for hydroxylation is 1. The number of aliphatic hydroxyl groups excluding tert-OH is 1. The summed E-state index contributed by atoms with van der Waals surface area (Å²) < 4.78 is 26.4. The van der Waals surface area contributed by atoms with E-state index in [0.29, 0.717) is 16.8 Å². The maximum atomic E-state index is 13.5. The van der Waals surface area contributed by atoms with Crippen molar-refractivity contribution in [1.82, 2.24) is 5.32 Å². The summed E-state index contributed by atoms with van der Waals surface area (Å²) in [5.41, 5.74) is 1.25. The Labute approximate surface area is 137 Å². The normalized spacial score (nSPS) is 11.9. The van der Waals surface area contributed by atoms with Crippen molar-refractivity contribution in [2.24, 2.45) is 0 Å². The number of carbonyl (C=O) groups is 1. The zero-order valence-corrected chi connectivity index (χ0v) is 13.0. The highest BCUT2D eigenvalue weighted by molar-refractivity contribution is 6.31. The van der Waals surface area contributed by atoms with Crippen LogP contribution in [0.3, 0.4) is 0 Å². The summed E-state index contributed by atoms with van der Waals surface area (Å²) in [7, 11) is 0. The van der Waals surface area contributed by atoms with E-state index in [9.17, 15) is 18.7 Å². The second kappa shape index (κ2) is 7.39. The van der Waals surface area contributed by atoms with Crippen molar-refractivity contribution in [2.45, 2.75) is 13.0 Å². The van der Waals surface area contributed by atoms with Gasteiger partial charge in [-0.1, -0.05) is 23.7 Å². The summed E-state index contributed by atoms with van der Waals surface area (Å²) in [5.74, 6) is -1.61. The van der Waals surface area contributed by atoms with Crippen molar-refractivity contribution in [1.29, 1.82) is 0 Å². The molecule has 0 spiro atoms. The third-order valence-corrected chi connectivity index (χ3v) is 3.46. The van der Waals surface area contributed by atoms with Crippen LogP contribution in [0.2, 0.25) is 5.02 Å². The van der Waals surface area contributed by atoms with Crippen LogP contribution < -0.4 is 10.6 Å². The van der Waals surface area contributed by atoms with Crippen molar-refractivity contribution < 1.29 is 18.7 Å². The first-order valence-corrected chi connectivity index (χ1v) is 7.18. The van der Waals surface area contributed by atoms with E-state index >= 15 is 0 Å². The lowest BCUT2D eigenvalue weighted by atomic mass is 10.1. The van der Waals surface area contributed by atoms with Crippen molar-refractivity contribution in [2.75, 3.05) is 11.9 Å². The van der Waals surface area contributed by atoms with Crippen LogP contribution in [-0.2, 0) is 0 Å². The lowest BCUT2D eigenvalue weighted by Gasteiger charge is -2.14. The number of carbonyl (C=O) groups excluding carboxylic acids is 1. The molecule has 4 nitrogen and oxygen atoms in total. The second-order valence-electron chi connectivity index (χ2n) is 4.98. The standard InChI is InChI=1S/C16H15ClF2N2O2/c1-9-2-3-10(17)6-14(9)21-16(23)20-8-15(22)12-5-4-11(18)7-13(12)19/h2-7,15,22H,8H2,1H3,(H2,20,21,23)/t15-/m1/s1. The molecule has 0 unspecified atom stereocenters. The Balaban J connectivity index is 1.94. The molecule has 3 N–H and O–H groups in total. The smallest absolute Gasteiger partial charge is 0.319 e. The quantitative estimate of drug-likeness (QED) is 0.793. The third-order valence-electron chi connectivity index (χ3n) is 3.23. The van der Waals surface area contributed by atoms with Crippen LogP contribution >= 0.6 is 11.6 Å². The summed E-state index contributed by atoms with van der Waals surface area (Å²) in [6, 6.07) is 7.31. The van der Waals surface area contributed by atoms with Gasteiger partial charge in [0.1, 0.15) is 11.6 Å². The molecule has 2 amide bonds. The molecule has 2 rings (SSSR count). The molecule has 0 aliphatic rings. The lowest BCUT2D eigenvalue weighted by molar-refractivity contribution is 0.170. The van der Waals surface area contributed by atoms with Gasteiger partial charge in [-0.3, -0.25) is 0 Å². The largest absolute Gasteiger partial charge is 0.386 e. The highest BCUT2D eigenvalue weighted by atomic mass is 35.5. The van der Waals surface area contributed by atoms with E-state index < -0.39 is 23.8 Å². The first-order valence-electron chi connectivity index (χ1n) is 6.81. The van der Waals surface area contributed by atoms with Gasteiger partial charge in [-0.05, 0) is 30.7 Å². The molecule has 2 aromatic rings. The highest BCUT2D eigenvalue weighted by Gasteiger charge is 2.15. The van der Waals surface area contributed by atoms with Crippen molar-refractivity contribution in [3.05, 3.63) is 64.2 Å². The molecule has 0 fully saturated rings. The van der Waals surface area contributed by atoms with E-state index in [1.807, 2.05) is 0 Å². The number of halogens is 3. The van der Waals surface area contributed by atoms with Crippen LogP contribution in [0.5, 0.6) is 0 Å². The minimum atomic E-state index is -1.29. The molecular formula is C16H15ClF2N2O2. The maximum Gasteiger partial charge on any atom is 0.319 e. The molecular weight excluding hydrogens is 326 g/mol. The summed E-state index contributed by atoms with van der Waals surface area (Å²) in [4.78, 5) is 11.8. The molecule has 2 aromatic carbocycles. The zero-order chi connectivity index (χ0) is 17.0. The summed E-state index contributed by atoms with van der Waals surface area (Å²) in [5, 5.41) is 15.3. The number of nitrogens with one attached hydrogen (secondary N) is 2. The average Bonchev–Trinajstić information content (AvgIpc) is 2.48. The first-order chi connectivity index (χ1) is 10.9. The van der Waals surface area contributed by atoms with Crippen molar-refractivity contribution >= 4 is 23.3 Å². The molecule has 23 heavy (non-hydrogen) atoms. The number of anilines is 1. The molecule has 0 aliphatic heterocycles. The van der Waals surface area contributed by atoms with Crippen LogP contribution in [0.4, 0.5) is 19.3 Å². The fourth-order valence-electron chi connectivity index (χ4n) is 1.97. The van der Waals surface area contributed by atoms with E-state index in [2.05, 4.69) is 10.6 Å². The Kier molecular flexibility index (Phi) is 5.52. The fraction of sp³-hybridized carbons (Fsp3) is 0.188. The van der Waals surface area contributed by atoms with Crippen LogP contribution in [0.1, 0.15) is 17.2 Å². The number of aliphatic hydroxyl groups is 1. The van der Waals surface area contributed by atoms with Gasteiger partial charge in [-0.15, -0.1) is 0 Å². The Morgan fingerprint density at radius 1 is 1.26 bits per heavy atom. The number of hydrogen-bond donors (Lipinski definition) is 3. The van der Waals surface area contributed by atoms with E-state index in [1.54, 1.807) is 25.1 Å². The number of hydrogen-bond acceptors (Lipinski definition) is 2. The van der Waals surface area contributed by atoms with E-state index in [-0.39, 0.29) is 12.1 Å². The number of rotatable bonds is 4. The van der Waals surface area contributed by atoms with Crippen LogP contribution in [-0.4, -0.2) is 17.7 Å². The van der Waals surface area contributed by atoms with Crippen molar-refractivity contribution in [3.8, 4) is 0 Å². The van der Waals surface area contributed by atoms with Crippen molar-refractivity contribution in [3.63, 3.8) is 0 Å². The number of urea groups is 1. The molecule has 7 heteroatoms. The maximum absolute atomic E-state index is 13.5. The summed E-state index contributed by atoms with van der Waals surface area (Å²) in [6.07, 6.45) is -1.29. The predicted octanol–water partition coefficient (Wildman–Crippen LogP) is 3.78. The van der Waals surface area contributed by atoms with Gasteiger partial charge in [0.2, 0.25) is 0 Å². The van der Waals surface area contributed by atoms with Gasteiger partial charge >= 0.3 is 6.03 Å². The molecule has 0 saturated heterocycles. The Morgan fingerprint density at radius 2 is 2.00 bits per heavy atom. The first kappa shape index (κ1) is 17.2. The molecule has 0 saturated carbocycles. The van der Waals surface area contributed by atoms with Gasteiger partial charge in [-0.25, -0.2) is 13.6 Å². The van der Waals surface area contributed by atoms with Gasteiger partial charge in [-0.2, -0.15) is 0 Å². The van der Waals surface area contributed by atoms with Crippen LogP contribution in [0, 0.1) is 18.6 Å². The average molecular weight is 341 g/mol. The van der Waals surface area contributed by atoms with Gasteiger partial charge in [0.15, 0.2) is 0 Å². The number of benzene rings is 2. The predicted molar refractivity (Wildman–Crippen MR) is 84.5 cm³/mol. The Bertz CT molecular complexity index is 725. The van der Waals surface area contributed by atoms with Gasteiger partial charge in [0.25, 0.3) is 0 Å². The summed E-state index contributed by atoms with van der Waals surface area (Å²) >= 11 is 5.85. The van der Waals surface area contributed by atoms with E-state index in [4.69, 9.17) is 11.6 Å². The van der Waals surface area contributed by atoms with Gasteiger partial charge in [0.05, 0.1) is 6.10 Å². The zero-order valence-electron chi connectivity index (χ0n) is 12.2. The van der Waals surface area contributed by atoms with Gasteiger partial charge < -0.3 is 15.7 Å².